The van der Waals surface area contributed by atoms with E-state index in [1.807, 2.05) is 6.92 Å². The summed E-state index contributed by atoms with van der Waals surface area (Å²) in [6.07, 6.45) is 1.32. The van der Waals surface area contributed by atoms with E-state index in [0.29, 0.717) is 25.2 Å². The summed E-state index contributed by atoms with van der Waals surface area (Å²) in [5.74, 6) is 0. The molecule has 0 spiro atoms. The van der Waals surface area contributed by atoms with Crippen LogP contribution in [0.4, 0.5) is 0 Å². The number of aromatic amines is 1. The highest BCUT2D eigenvalue weighted by molar-refractivity contribution is 6.30. The molecule has 0 aromatic carbocycles. The molecule has 0 unspecified atom stereocenters. The van der Waals surface area contributed by atoms with Crippen LogP contribution in [0.1, 0.15) is 18.9 Å². The van der Waals surface area contributed by atoms with Gasteiger partial charge in [-0.15, -0.1) is 0 Å². The van der Waals surface area contributed by atoms with Crippen molar-refractivity contribution in [3.63, 3.8) is 0 Å². The van der Waals surface area contributed by atoms with Crippen molar-refractivity contribution in [1.29, 1.82) is 0 Å². The van der Waals surface area contributed by atoms with Crippen molar-refractivity contribution in [3.05, 3.63) is 31.6 Å². The molecule has 0 atom stereocenters. The summed E-state index contributed by atoms with van der Waals surface area (Å²) in [4.78, 5) is 26.3. The summed E-state index contributed by atoms with van der Waals surface area (Å²) in [5.41, 5.74) is -0.406. The van der Waals surface area contributed by atoms with Crippen LogP contribution in [-0.4, -0.2) is 36.5 Å². The van der Waals surface area contributed by atoms with Crippen molar-refractivity contribution in [3.8, 4) is 0 Å². The topological polar surface area (TPSA) is 73.3 Å². The monoisotopic (exact) mass is 290 g/mol. The number of H-pyrrole nitrogens is 1. The number of halogens is 1. The van der Waals surface area contributed by atoms with Crippen LogP contribution in [0, 0.1) is 0 Å². The first-order chi connectivity index (χ1) is 9.11. The number of methoxy groups -OCH3 is 1. The van der Waals surface area contributed by atoms with Gasteiger partial charge < -0.3 is 9.47 Å². The first-order valence-electron chi connectivity index (χ1n) is 6.20. The Morgan fingerprint density at radius 2 is 2.00 bits per heavy atom. The van der Waals surface area contributed by atoms with E-state index in [0.717, 1.165) is 11.0 Å². The molecule has 0 amide bonds. The number of hydrogen-bond acceptors (Lipinski definition) is 4. The molecule has 1 heterocycles. The van der Waals surface area contributed by atoms with Crippen molar-refractivity contribution in [2.75, 3.05) is 26.9 Å². The van der Waals surface area contributed by atoms with E-state index in [-0.39, 0.29) is 23.9 Å². The van der Waals surface area contributed by atoms with Crippen molar-refractivity contribution < 1.29 is 9.47 Å². The van der Waals surface area contributed by atoms with E-state index >= 15 is 0 Å². The minimum Gasteiger partial charge on any atom is -0.382 e. The Morgan fingerprint density at radius 1 is 1.26 bits per heavy atom. The van der Waals surface area contributed by atoms with Gasteiger partial charge in [0, 0.05) is 7.11 Å². The van der Waals surface area contributed by atoms with E-state index in [1.54, 1.807) is 7.11 Å². The molecule has 0 aliphatic carbocycles. The molecule has 0 aliphatic rings. The lowest BCUT2D eigenvalue weighted by Gasteiger charge is -2.09. The molecular formula is C12H19ClN2O4. The fraction of sp³-hybridized carbons (Fsp3) is 0.667. The van der Waals surface area contributed by atoms with E-state index in [4.69, 9.17) is 21.1 Å². The highest BCUT2D eigenvalue weighted by Crippen LogP contribution is 2.07. The van der Waals surface area contributed by atoms with Crippen LogP contribution in [0.25, 0.3) is 0 Å². The summed E-state index contributed by atoms with van der Waals surface area (Å²) >= 11 is 5.87. The minimum absolute atomic E-state index is 0.133. The van der Waals surface area contributed by atoms with Gasteiger partial charge in [0.15, 0.2) is 0 Å². The third-order valence-corrected chi connectivity index (χ3v) is 2.94. The maximum atomic E-state index is 12.1. The van der Waals surface area contributed by atoms with Crippen LogP contribution in [0.2, 0.25) is 5.15 Å². The maximum Gasteiger partial charge on any atom is 0.329 e. The van der Waals surface area contributed by atoms with Crippen LogP contribution >= 0.6 is 11.6 Å². The second-order valence-corrected chi connectivity index (χ2v) is 4.41. The summed E-state index contributed by atoms with van der Waals surface area (Å²) < 4.78 is 11.2. The first-order valence-corrected chi connectivity index (χ1v) is 6.57. The van der Waals surface area contributed by atoms with Crippen LogP contribution in [-0.2, 0) is 22.4 Å². The van der Waals surface area contributed by atoms with E-state index in [2.05, 4.69) is 4.98 Å². The van der Waals surface area contributed by atoms with Crippen molar-refractivity contribution >= 4 is 11.6 Å². The fourth-order valence-corrected chi connectivity index (χ4v) is 1.91. The average molecular weight is 291 g/mol. The van der Waals surface area contributed by atoms with Gasteiger partial charge in [-0.3, -0.25) is 14.3 Å². The predicted octanol–water partition coefficient (Wildman–Crippen LogP) is 0.806. The molecule has 1 rings (SSSR count). The van der Waals surface area contributed by atoms with Gasteiger partial charge in [-0.05, 0) is 6.42 Å². The average Bonchev–Trinajstić information content (AvgIpc) is 2.37. The second kappa shape index (κ2) is 8.14. The molecule has 6 nitrogen and oxygen atoms in total. The molecule has 0 fully saturated rings. The zero-order valence-electron chi connectivity index (χ0n) is 11.2. The molecule has 0 radical (unpaired) electrons. The zero-order chi connectivity index (χ0) is 14.3. The Kier molecular flexibility index (Phi) is 6.83. The normalized spacial score (nSPS) is 10.9. The Labute approximate surface area is 116 Å². The van der Waals surface area contributed by atoms with Gasteiger partial charge in [0.2, 0.25) is 0 Å². The smallest absolute Gasteiger partial charge is 0.329 e. The van der Waals surface area contributed by atoms with Gasteiger partial charge in [0.05, 0.1) is 31.9 Å². The predicted molar refractivity (Wildman–Crippen MR) is 73.0 cm³/mol. The van der Waals surface area contributed by atoms with Crippen LogP contribution in [0.5, 0.6) is 0 Å². The third kappa shape index (κ3) is 4.49. The lowest BCUT2D eigenvalue weighted by Crippen LogP contribution is -2.38. The lowest BCUT2D eigenvalue weighted by molar-refractivity contribution is 0.0658. The van der Waals surface area contributed by atoms with Crippen molar-refractivity contribution in [1.82, 2.24) is 9.55 Å². The van der Waals surface area contributed by atoms with Gasteiger partial charge >= 0.3 is 5.69 Å². The SMILES string of the molecule is CCCc1c(Cl)[nH]c(=O)n(CCOCCOC)c1=O. The van der Waals surface area contributed by atoms with Gasteiger partial charge in [-0.2, -0.15) is 0 Å². The molecule has 1 aromatic rings. The van der Waals surface area contributed by atoms with Crippen LogP contribution < -0.4 is 11.2 Å². The molecule has 1 aromatic heterocycles. The molecule has 0 bridgehead atoms. The van der Waals surface area contributed by atoms with E-state index in [9.17, 15) is 9.59 Å². The first kappa shape index (κ1) is 15.9. The largest absolute Gasteiger partial charge is 0.382 e. The van der Waals surface area contributed by atoms with Gasteiger partial charge in [-0.25, -0.2) is 4.79 Å². The summed E-state index contributed by atoms with van der Waals surface area (Å²) in [7, 11) is 1.58. The molecule has 0 saturated carbocycles. The third-order valence-electron chi connectivity index (χ3n) is 2.62. The number of rotatable bonds is 8. The molecule has 0 saturated heterocycles. The number of ether oxygens (including phenoxy) is 2. The van der Waals surface area contributed by atoms with Gasteiger partial charge in [0.25, 0.3) is 5.56 Å². The number of hydrogen-bond donors (Lipinski definition) is 1. The minimum atomic E-state index is -0.509. The van der Waals surface area contributed by atoms with Crippen LogP contribution in [0.15, 0.2) is 9.59 Å². The molecule has 19 heavy (non-hydrogen) atoms. The maximum absolute atomic E-state index is 12.1. The van der Waals surface area contributed by atoms with Crippen molar-refractivity contribution in [2.45, 2.75) is 26.3 Å². The van der Waals surface area contributed by atoms with E-state index < -0.39 is 5.69 Å². The Hall–Kier alpha value is -1.11. The van der Waals surface area contributed by atoms with Crippen molar-refractivity contribution in [2.24, 2.45) is 0 Å². The molecule has 1 N–H and O–H groups in total. The summed E-state index contributed by atoms with van der Waals surface area (Å²) in [6.45, 7) is 3.33. The Balaban J connectivity index is 2.80. The number of aromatic nitrogens is 2. The quantitative estimate of drug-likeness (QED) is 0.568. The summed E-state index contributed by atoms with van der Waals surface area (Å²) in [6, 6.07) is 0. The molecule has 7 heteroatoms. The zero-order valence-corrected chi connectivity index (χ0v) is 12.0. The number of nitrogens with zero attached hydrogens (tertiary/aromatic N) is 1. The van der Waals surface area contributed by atoms with Gasteiger partial charge in [-0.1, -0.05) is 24.9 Å². The Bertz CT molecular complexity index is 509. The highest BCUT2D eigenvalue weighted by atomic mass is 35.5. The second-order valence-electron chi connectivity index (χ2n) is 4.03. The fourth-order valence-electron chi connectivity index (χ4n) is 1.66. The standard InChI is InChI=1S/C12H19ClN2O4/c1-3-4-9-10(13)14-12(17)15(11(9)16)5-6-19-8-7-18-2/h3-8H2,1-2H3,(H,14,17). The molecular weight excluding hydrogens is 272 g/mol. The van der Waals surface area contributed by atoms with E-state index in [1.165, 1.54) is 0 Å². The highest BCUT2D eigenvalue weighted by Gasteiger charge is 2.11. The van der Waals surface area contributed by atoms with Crippen LogP contribution in [0.3, 0.4) is 0 Å². The molecule has 0 aliphatic heterocycles. The molecule has 108 valence electrons. The van der Waals surface area contributed by atoms with Gasteiger partial charge in [0.1, 0.15) is 5.15 Å². The Morgan fingerprint density at radius 3 is 2.63 bits per heavy atom. The lowest BCUT2D eigenvalue weighted by atomic mass is 10.2. The summed E-state index contributed by atoms with van der Waals surface area (Å²) in [5, 5.41) is 0.133. The number of nitrogens with one attached hydrogen (secondary N) is 1.